The van der Waals surface area contributed by atoms with Crippen molar-refractivity contribution in [1.82, 2.24) is 23.6 Å². The first-order chi connectivity index (χ1) is 14.4. The minimum Gasteiger partial charge on any atom is -0.345 e. The summed E-state index contributed by atoms with van der Waals surface area (Å²) in [4.78, 5) is 16.9. The first-order valence-electron chi connectivity index (χ1n) is 9.84. The number of nitrogens with one attached hydrogen (secondary N) is 1. The predicted octanol–water partition coefficient (Wildman–Crippen LogP) is 2.09. The second-order valence-corrected chi connectivity index (χ2v) is 9.29. The van der Waals surface area contributed by atoms with Crippen LogP contribution in [-0.2, 0) is 23.6 Å². The quantitative estimate of drug-likeness (QED) is 0.648. The molecule has 1 amide bonds. The molecule has 0 aromatic carbocycles. The zero-order valence-electron chi connectivity index (χ0n) is 16.7. The van der Waals surface area contributed by atoms with Gasteiger partial charge in [-0.25, -0.2) is 8.42 Å². The standard InChI is InChI=1S/C20H24N6O3S/c1-24-15-17(30(28,29)26-9-3-2-4-10-26)12-18(24)20(27)22-19-7-11-25(23-19)14-16-6-5-8-21-13-16/h5-8,11-13,15H,2-4,9-10,14H2,1H3,(H,22,23,27). The summed E-state index contributed by atoms with van der Waals surface area (Å²) < 4.78 is 30.5. The predicted molar refractivity (Wildman–Crippen MR) is 112 cm³/mol. The average molecular weight is 429 g/mol. The highest BCUT2D eigenvalue weighted by Gasteiger charge is 2.28. The van der Waals surface area contributed by atoms with Crippen molar-refractivity contribution >= 4 is 21.7 Å². The molecule has 158 valence electrons. The molecule has 1 saturated heterocycles. The van der Waals surface area contributed by atoms with Crippen molar-refractivity contribution in [2.45, 2.75) is 30.7 Å². The summed E-state index contributed by atoms with van der Waals surface area (Å²) in [6.07, 6.45) is 9.48. The van der Waals surface area contributed by atoms with E-state index in [0.29, 0.717) is 25.5 Å². The molecule has 4 rings (SSSR count). The van der Waals surface area contributed by atoms with Gasteiger partial charge in [0.05, 0.1) is 6.54 Å². The highest BCUT2D eigenvalue weighted by Crippen LogP contribution is 2.22. The van der Waals surface area contributed by atoms with Gasteiger partial charge in [-0.05, 0) is 30.5 Å². The molecule has 0 bridgehead atoms. The molecule has 1 N–H and O–H groups in total. The monoisotopic (exact) mass is 428 g/mol. The first kappa shape index (κ1) is 20.3. The van der Waals surface area contributed by atoms with Crippen molar-refractivity contribution in [3.05, 3.63) is 60.3 Å². The molecule has 3 aromatic rings. The van der Waals surface area contributed by atoms with Crippen LogP contribution in [0, 0.1) is 0 Å². The van der Waals surface area contributed by atoms with E-state index < -0.39 is 15.9 Å². The number of carbonyl (C=O) groups is 1. The molecule has 4 heterocycles. The van der Waals surface area contributed by atoms with Crippen molar-refractivity contribution in [3.63, 3.8) is 0 Å². The molecular formula is C20H24N6O3S. The molecule has 0 unspecified atom stereocenters. The molecule has 0 aliphatic carbocycles. The van der Waals surface area contributed by atoms with E-state index in [0.717, 1.165) is 24.8 Å². The third kappa shape index (κ3) is 4.29. The third-order valence-electron chi connectivity index (χ3n) is 5.11. The number of amides is 1. The lowest BCUT2D eigenvalue weighted by Crippen LogP contribution is -2.35. The number of nitrogens with zero attached hydrogens (tertiary/aromatic N) is 5. The number of pyridine rings is 1. The van der Waals surface area contributed by atoms with Crippen LogP contribution < -0.4 is 5.32 Å². The molecule has 1 fully saturated rings. The minimum absolute atomic E-state index is 0.138. The molecule has 0 atom stereocenters. The Morgan fingerprint density at radius 1 is 1.20 bits per heavy atom. The van der Waals surface area contributed by atoms with E-state index in [1.807, 2.05) is 12.1 Å². The van der Waals surface area contributed by atoms with Crippen LogP contribution in [0.25, 0.3) is 0 Å². The van der Waals surface area contributed by atoms with E-state index in [1.54, 1.807) is 36.4 Å². The summed E-state index contributed by atoms with van der Waals surface area (Å²) in [5, 5.41) is 7.08. The normalized spacial score (nSPS) is 15.2. The number of carbonyl (C=O) groups excluding carboxylic acids is 1. The Balaban J connectivity index is 1.47. The maximum Gasteiger partial charge on any atom is 0.273 e. The van der Waals surface area contributed by atoms with Gasteiger partial charge >= 0.3 is 0 Å². The topological polar surface area (TPSA) is 102 Å². The first-order valence-corrected chi connectivity index (χ1v) is 11.3. The van der Waals surface area contributed by atoms with Gasteiger partial charge in [-0.3, -0.25) is 14.5 Å². The highest BCUT2D eigenvalue weighted by atomic mass is 32.2. The molecule has 0 radical (unpaired) electrons. The lowest BCUT2D eigenvalue weighted by atomic mass is 10.2. The number of aromatic nitrogens is 4. The Bertz CT molecular complexity index is 1130. The number of hydrogen-bond donors (Lipinski definition) is 1. The Morgan fingerprint density at radius 3 is 2.73 bits per heavy atom. The Hall–Kier alpha value is -2.98. The number of aryl methyl sites for hydroxylation is 1. The fourth-order valence-electron chi connectivity index (χ4n) is 3.53. The zero-order chi connectivity index (χ0) is 21.1. The number of hydrogen-bond acceptors (Lipinski definition) is 5. The average Bonchev–Trinajstić information content (AvgIpc) is 3.36. The van der Waals surface area contributed by atoms with Crippen molar-refractivity contribution < 1.29 is 13.2 Å². The summed E-state index contributed by atoms with van der Waals surface area (Å²) in [6, 6.07) is 6.92. The molecule has 1 aliphatic rings. The zero-order valence-corrected chi connectivity index (χ0v) is 17.5. The lowest BCUT2D eigenvalue weighted by Gasteiger charge is -2.25. The van der Waals surface area contributed by atoms with Gasteiger partial charge in [-0.2, -0.15) is 9.40 Å². The summed E-state index contributed by atoms with van der Waals surface area (Å²) in [5.74, 6) is -0.0188. The minimum atomic E-state index is -3.59. The molecule has 0 saturated carbocycles. The third-order valence-corrected chi connectivity index (χ3v) is 6.98. The van der Waals surface area contributed by atoms with Crippen molar-refractivity contribution in [1.29, 1.82) is 0 Å². The van der Waals surface area contributed by atoms with Gasteiger partial charge < -0.3 is 9.88 Å². The van der Waals surface area contributed by atoms with E-state index in [2.05, 4.69) is 15.4 Å². The Kier molecular flexibility index (Phi) is 5.69. The number of anilines is 1. The lowest BCUT2D eigenvalue weighted by molar-refractivity contribution is 0.101. The van der Waals surface area contributed by atoms with E-state index in [1.165, 1.54) is 21.1 Å². The largest absolute Gasteiger partial charge is 0.345 e. The Labute approximate surface area is 175 Å². The van der Waals surface area contributed by atoms with Crippen LogP contribution in [0.2, 0.25) is 0 Å². The highest BCUT2D eigenvalue weighted by molar-refractivity contribution is 7.89. The number of piperidine rings is 1. The van der Waals surface area contributed by atoms with Gasteiger partial charge in [0, 0.05) is 51.0 Å². The van der Waals surface area contributed by atoms with Crippen LogP contribution in [0.1, 0.15) is 35.3 Å². The summed E-state index contributed by atoms with van der Waals surface area (Å²) in [6.45, 7) is 1.58. The van der Waals surface area contributed by atoms with E-state index >= 15 is 0 Å². The van der Waals surface area contributed by atoms with Gasteiger partial charge in [-0.1, -0.05) is 12.5 Å². The second-order valence-electron chi connectivity index (χ2n) is 7.35. The van der Waals surface area contributed by atoms with Crippen LogP contribution in [0.4, 0.5) is 5.82 Å². The number of rotatable bonds is 6. The molecule has 10 heteroatoms. The molecule has 1 aliphatic heterocycles. The molecule has 3 aromatic heterocycles. The smallest absolute Gasteiger partial charge is 0.273 e. The van der Waals surface area contributed by atoms with Gasteiger partial charge in [0.25, 0.3) is 5.91 Å². The fourth-order valence-corrected chi connectivity index (χ4v) is 5.12. The van der Waals surface area contributed by atoms with Crippen LogP contribution in [0.5, 0.6) is 0 Å². The molecular weight excluding hydrogens is 404 g/mol. The molecule has 30 heavy (non-hydrogen) atoms. The maximum absolute atomic E-state index is 12.9. The van der Waals surface area contributed by atoms with E-state index in [4.69, 9.17) is 0 Å². The Morgan fingerprint density at radius 2 is 2.00 bits per heavy atom. The SMILES string of the molecule is Cn1cc(S(=O)(=O)N2CCCCC2)cc1C(=O)Nc1ccn(Cc2cccnc2)n1. The second kappa shape index (κ2) is 8.41. The van der Waals surface area contributed by atoms with Crippen LogP contribution in [-0.4, -0.2) is 51.1 Å². The van der Waals surface area contributed by atoms with Gasteiger partial charge in [-0.15, -0.1) is 0 Å². The van der Waals surface area contributed by atoms with Crippen molar-refractivity contribution in [3.8, 4) is 0 Å². The summed E-state index contributed by atoms with van der Waals surface area (Å²) in [7, 11) is -1.94. The van der Waals surface area contributed by atoms with Gasteiger partial charge in [0.15, 0.2) is 5.82 Å². The summed E-state index contributed by atoms with van der Waals surface area (Å²) >= 11 is 0. The van der Waals surface area contributed by atoms with Crippen LogP contribution >= 0.6 is 0 Å². The van der Waals surface area contributed by atoms with Gasteiger partial charge in [0.1, 0.15) is 10.6 Å². The van der Waals surface area contributed by atoms with Crippen LogP contribution in [0.3, 0.4) is 0 Å². The maximum atomic E-state index is 12.9. The fraction of sp³-hybridized carbons (Fsp3) is 0.350. The number of sulfonamides is 1. The molecule has 9 nitrogen and oxygen atoms in total. The van der Waals surface area contributed by atoms with Crippen molar-refractivity contribution in [2.75, 3.05) is 18.4 Å². The summed E-state index contributed by atoms with van der Waals surface area (Å²) in [5.41, 5.74) is 1.25. The van der Waals surface area contributed by atoms with Crippen molar-refractivity contribution in [2.24, 2.45) is 7.05 Å². The van der Waals surface area contributed by atoms with E-state index in [9.17, 15) is 13.2 Å². The molecule has 0 spiro atoms. The van der Waals surface area contributed by atoms with Gasteiger partial charge in [0.2, 0.25) is 10.0 Å². The van der Waals surface area contributed by atoms with E-state index in [-0.39, 0.29) is 10.6 Å². The van der Waals surface area contributed by atoms with Crippen LogP contribution in [0.15, 0.2) is 53.9 Å².